The molecule has 0 saturated heterocycles. The Kier molecular flexibility index (Phi) is 4.62. The summed E-state index contributed by atoms with van der Waals surface area (Å²) in [6, 6.07) is 5.28. The summed E-state index contributed by atoms with van der Waals surface area (Å²) < 4.78 is 1.70. The van der Waals surface area contributed by atoms with E-state index >= 15 is 0 Å². The molecule has 7 heteroatoms. The fourth-order valence-electron chi connectivity index (χ4n) is 1.81. The number of aromatic nitrogens is 3. The van der Waals surface area contributed by atoms with E-state index in [2.05, 4.69) is 10.3 Å². The molecule has 0 unspecified atom stereocenters. The minimum Gasteiger partial charge on any atom is -0.481 e. The SMILES string of the molecule is Cc1c(CCC(=O)O)nnn1Cc1ccc(Cl)cc1Cl. The molecule has 0 fully saturated rings. The van der Waals surface area contributed by atoms with Gasteiger partial charge < -0.3 is 5.11 Å². The summed E-state index contributed by atoms with van der Waals surface area (Å²) in [6.45, 7) is 2.34. The van der Waals surface area contributed by atoms with Crippen LogP contribution in [-0.2, 0) is 17.8 Å². The number of carbonyl (C=O) groups is 1. The number of benzene rings is 1. The number of aliphatic carboxylic acids is 1. The summed E-state index contributed by atoms with van der Waals surface area (Å²) in [6.07, 6.45) is 0.413. The molecule has 20 heavy (non-hydrogen) atoms. The van der Waals surface area contributed by atoms with Gasteiger partial charge in [-0.3, -0.25) is 4.79 Å². The Labute approximate surface area is 126 Å². The van der Waals surface area contributed by atoms with Gasteiger partial charge in [0.05, 0.1) is 24.4 Å². The summed E-state index contributed by atoms with van der Waals surface area (Å²) in [5.41, 5.74) is 2.42. The standard InChI is InChI=1S/C13H13Cl2N3O2/c1-8-12(4-5-13(19)20)16-17-18(8)7-9-2-3-10(14)6-11(9)15/h2-3,6H,4-5,7H2,1H3,(H,19,20). The van der Waals surface area contributed by atoms with Gasteiger partial charge in [0.2, 0.25) is 0 Å². The van der Waals surface area contributed by atoms with E-state index in [0.29, 0.717) is 28.7 Å². The smallest absolute Gasteiger partial charge is 0.303 e. The van der Waals surface area contributed by atoms with Gasteiger partial charge in [-0.2, -0.15) is 0 Å². The predicted molar refractivity (Wildman–Crippen MR) is 76.3 cm³/mol. The van der Waals surface area contributed by atoms with E-state index < -0.39 is 5.97 Å². The molecular formula is C13H13Cl2N3O2. The van der Waals surface area contributed by atoms with Gasteiger partial charge in [-0.05, 0) is 24.6 Å². The Hall–Kier alpha value is -1.59. The van der Waals surface area contributed by atoms with Crippen LogP contribution in [-0.4, -0.2) is 26.1 Å². The first-order chi connectivity index (χ1) is 9.47. The lowest BCUT2D eigenvalue weighted by atomic mass is 10.2. The van der Waals surface area contributed by atoms with Crippen LogP contribution < -0.4 is 0 Å². The van der Waals surface area contributed by atoms with Gasteiger partial charge in [0.25, 0.3) is 0 Å². The molecule has 2 aromatic rings. The highest BCUT2D eigenvalue weighted by molar-refractivity contribution is 6.35. The first-order valence-corrected chi connectivity index (χ1v) is 6.77. The molecule has 0 aliphatic carbocycles. The topological polar surface area (TPSA) is 68.0 Å². The third-order valence-corrected chi connectivity index (χ3v) is 3.58. The van der Waals surface area contributed by atoms with Gasteiger partial charge in [0, 0.05) is 16.5 Å². The van der Waals surface area contributed by atoms with Crippen molar-refractivity contribution < 1.29 is 9.90 Å². The second-order valence-electron chi connectivity index (χ2n) is 4.41. The minimum absolute atomic E-state index is 0.0429. The van der Waals surface area contributed by atoms with Gasteiger partial charge in [0.15, 0.2) is 0 Å². The molecule has 0 aliphatic heterocycles. The Morgan fingerprint density at radius 3 is 2.80 bits per heavy atom. The molecule has 2 rings (SSSR count). The van der Waals surface area contributed by atoms with Crippen LogP contribution in [0.1, 0.15) is 23.4 Å². The number of rotatable bonds is 5. The Balaban J connectivity index is 2.15. The van der Waals surface area contributed by atoms with Gasteiger partial charge in [0.1, 0.15) is 0 Å². The van der Waals surface area contributed by atoms with Crippen LogP contribution in [0.2, 0.25) is 10.0 Å². The van der Waals surface area contributed by atoms with Crippen molar-refractivity contribution in [2.24, 2.45) is 0 Å². The van der Waals surface area contributed by atoms with Crippen LogP contribution in [0.15, 0.2) is 18.2 Å². The molecule has 1 heterocycles. The van der Waals surface area contributed by atoms with Crippen molar-refractivity contribution in [3.63, 3.8) is 0 Å². The molecule has 0 spiro atoms. The van der Waals surface area contributed by atoms with E-state index in [1.54, 1.807) is 16.8 Å². The van der Waals surface area contributed by atoms with Crippen LogP contribution in [0.4, 0.5) is 0 Å². The van der Waals surface area contributed by atoms with Gasteiger partial charge in [-0.25, -0.2) is 4.68 Å². The number of halogens is 2. The lowest BCUT2D eigenvalue weighted by molar-refractivity contribution is -0.136. The Bertz CT molecular complexity index is 641. The summed E-state index contributed by atoms with van der Waals surface area (Å²) in [5.74, 6) is -0.848. The third kappa shape index (κ3) is 3.49. The van der Waals surface area contributed by atoms with E-state index in [1.807, 2.05) is 13.0 Å². The maximum absolute atomic E-state index is 10.6. The highest BCUT2D eigenvalue weighted by Crippen LogP contribution is 2.22. The van der Waals surface area contributed by atoms with Crippen LogP contribution in [0.3, 0.4) is 0 Å². The zero-order chi connectivity index (χ0) is 14.7. The van der Waals surface area contributed by atoms with E-state index in [1.165, 1.54) is 0 Å². The average molecular weight is 314 g/mol. The van der Waals surface area contributed by atoms with Crippen molar-refractivity contribution in [2.75, 3.05) is 0 Å². The lowest BCUT2D eigenvalue weighted by Crippen LogP contribution is -2.05. The molecule has 0 aliphatic rings. The lowest BCUT2D eigenvalue weighted by Gasteiger charge is -2.06. The summed E-state index contributed by atoms with van der Waals surface area (Å²) >= 11 is 12.0. The number of nitrogens with zero attached hydrogens (tertiary/aromatic N) is 3. The number of carboxylic acid groups (broad SMARTS) is 1. The largest absolute Gasteiger partial charge is 0.481 e. The van der Waals surface area contributed by atoms with Gasteiger partial charge in [-0.15, -0.1) is 5.10 Å². The summed E-state index contributed by atoms with van der Waals surface area (Å²) in [5, 5.41) is 17.9. The number of aryl methyl sites for hydroxylation is 1. The van der Waals surface area contributed by atoms with Gasteiger partial charge >= 0.3 is 5.97 Å². The van der Waals surface area contributed by atoms with E-state index in [4.69, 9.17) is 28.3 Å². The van der Waals surface area contributed by atoms with E-state index in [-0.39, 0.29) is 6.42 Å². The third-order valence-electron chi connectivity index (χ3n) is 2.99. The van der Waals surface area contributed by atoms with Crippen molar-refractivity contribution in [3.8, 4) is 0 Å². The average Bonchev–Trinajstić information content (AvgIpc) is 2.72. The Morgan fingerprint density at radius 2 is 2.15 bits per heavy atom. The molecule has 5 nitrogen and oxygen atoms in total. The zero-order valence-electron chi connectivity index (χ0n) is 10.8. The number of hydrogen-bond donors (Lipinski definition) is 1. The van der Waals surface area contributed by atoms with Gasteiger partial charge in [-0.1, -0.05) is 34.5 Å². The van der Waals surface area contributed by atoms with E-state index in [0.717, 1.165) is 11.3 Å². The minimum atomic E-state index is -0.848. The fourth-order valence-corrected chi connectivity index (χ4v) is 2.28. The van der Waals surface area contributed by atoms with Crippen LogP contribution in [0.5, 0.6) is 0 Å². The van der Waals surface area contributed by atoms with Crippen LogP contribution >= 0.6 is 23.2 Å². The number of carboxylic acids is 1. The Morgan fingerprint density at radius 1 is 1.40 bits per heavy atom. The molecule has 1 aromatic carbocycles. The normalized spacial score (nSPS) is 10.8. The van der Waals surface area contributed by atoms with Crippen molar-refractivity contribution in [2.45, 2.75) is 26.3 Å². The van der Waals surface area contributed by atoms with E-state index in [9.17, 15) is 4.79 Å². The second-order valence-corrected chi connectivity index (χ2v) is 5.25. The van der Waals surface area contributed by atoms with Crippen molar-refractivity contribution in [1.29, 1.82) is 0 Å². The fraction of sp³-hybridized carbons (Fsp3) is 0.308. The first-order valence-electron chi connectivity index (χ1n) is 6.02. The van der Waals surface area contributed by atoms with Crippen LogP contribution in [0, 0.1) is 6.92 Å². The highest BCUT2D eigenvalue weighted by Gasteiger charge is 2.11. The predicted octanol–water partition coefficient (Wildman–Crippen LogP) is 2.96. The van der Waals surface area contributed by atoms with Crippen molar-refractivity contribution >= 4 is 29.2 Å². The summed E-state index contributed by atoms with van der Waals surface area (Å²) in [7, 11) is 0. The molecule has 0 bridgehead atoms. The zero-order valence-corrected chi connectivity index (χ0v) is 12.3. The quantitative estimate of drug-likeness (QED) is 0.921. The monoisotopic (exact) mass is 313 g/mol. The molecule has 106 valence electrons. The number of hydrogen-bond acceptors (Lipinski definition) is 3. The highest BCUT2D eigenvalue weighted by atomic mass is 35.5. The maximum atomic E-state index is 10.6. The maximum Gasteiger partial charge on any atom is 0.303 e. The van der Waals surface area contributed by atoms with Crippen molar-refractivity contribution in [1.82, 2.24) is 15.0 Å². The van der Waals surface area contributed by atoms with Crippen LogP contribution in [0.25, 0.3) is 0 Å². The molecule has 0 amide bonds. The first kappa shape index (κ1) is 14.8. The molecule has 0 saturated carbocycles. The molecule has 1 aromatic heterocycles. The molecular weight excluding hydrogens is 301 g/mol. The second kappa shape index (κ2) is 6.24. The molecule has 0 radical (unpaired) electrons. The summed E-state index contributed by atoms with van der Waals surface area (Å²) in [4.78, 5) is 10.6. The molecule has 0 atom stereocenters. The van der Waals surface area contributed by atoms with Crippen molar-refractivity contribution in [3.05, 3.63) is 45.2 Å². The molecule has 1 N–H and O–H groups in total.